The topological polar surface area (TPSA) is 79.6 Å². The first-order valence-corrected chi connectivity index (χ1v) is 5.36. The summed E-state index contributed by atoms with van der Waals surface area (Å²) < 4.78 is 10.4. The molecule has 0 amide bonds. The summed E-state index contributed by atoms with van der Waals surface area (Å²) in [5, 5.41) is 10.7. The van der Waals surface area contributed by atoms with Crippen LogP contribution in [0.5, 0.6) is 5.75 Å². The third-order valence-electron chi connectivity index (χ3n) is 2.69. The fourth-order valence-corrected chi connectivity index (χ4v) is 1.61. The van der Waals surface area contributed by atoms with E-state index in [1.165, 1.54) is 12.1 Å². The van der Waals surface area contributed by atoms with Gasteiger partial charge in [-0.25, -0.2) is 0 Å². The Balaban J connectivity index is 0.00000180. The predicted octanol–water partition coefficient (Wildman–Crippen LogP) is -2.46. The molecule has 5 nitrogen and oxygen atoms in total. The molecule has 1 aromatic carbocycles. The van der Waals surface area contributed by atoms with Gasteiger partial charge in [-0.15, -0.1) is 0 Å². The van der Waals surface area contributed by atoms with E-state index < -0.39 is 12.6 Å². The summed E-state index contributed by atoms with van der Waals surface area (Å²) in [6.45, 7) is 2.85. The van der Waals surface area contributed by atoms with Crippen LogP contribution in [0, 0.1) is 13.8 Å². The molecule has 0 aliphatic rings. The Labute approximate surface area is 152 Å². The second-order valence-corrected chi connectivity index (χ2v) is 3.93. The van der Waals surface area contributed by atoms with Crippen LogP contribution in [0.2, 0.25) is 0 Å². The fraction of sp³-hybridized carbons (Fsp3) is 0.231. The molecule has 6 heteroatoms. The first-order valence-electron chi connectivity index (χ1n) is 5.36. The maximum Gasteiger partial charge on any atom is 1.00 e. The zero-order chi connectivity index (χ0) is 13.3. The minimum Gasteiger partial charge on any atom is -0.546 e. The summed E-state index contributed by atoms with van der Waals surface area (Å²) in [6.07, 6.45) is 0. The van der Waals surface area contributed by atoms with Gasteiger partial charge in [0.1, 0.15) is 23.7 Å². The van der Waals surface area contributed by atoms with Crippen LogP contribution in [-0.4, -0.2) is 12.6 Å². The van der Waals surface area contributed by atoms with Gasteiger partial charge in [0.25, 0.3) is 0 Å². The van der Waals surface area contributed by atoms with Crippen molar-refractivity contribution in [3.05, 3.63) is 39.7 Å². The van der Waals surface area contributed by atoms with Gasteiger partial charge >= 0.3 is 51.4 Å². The Kier molecular flexibility index (Phi) is 5.75. The van der Waals surface area contributed by atoms with E-state index in [-0.39, 0.29) is 56.8 Å². The number of benzene rings is 1. The summed E-state index contributed by atoms with van der Waals surface area (Å²) in [6, 6.07) is 4.57. The smallest absolute Gasteiger partial charge is 0.546 e. The predicted molar refractivity (Wildman–Crippen MR) is 62.5 cm³/mol. The van der Waals surface area contributed by atoms with E-state index in [1.807, 2.05) is 0 Å². The first kappa shape index (κ1) is 16.4. The number of carboxylic acid groups (broad SMARTS) is 1. The summed E-state index contributed by atoms with van der Waals surface area (Å²) in [5.41, 5.74) is 0.838. The van der Waals surface area contributed by atoms with Gasteiger partial charge in [-0.05, 0) is 26.0 Å². The number of hydrogen-bond acceptors (Lipinski definition) is 5. The molecule has 0 N–H and O–H groups in total. The first-order chi connectivity index (χ1) is 8.49. The van der Waals surface area contributed by atoms with Crippen molar-refractivity contribution in [1.82, 2.24) is 0 Å². The summed E-state index contributed by atoms with van der Waals surface area (Å²) in [4.78, 5) is 22.2. The number of carbonyl (C=O) groups is 1. The zero-order valence-corrected chi connectivity index (χ0v) is 14.1. The minimum atomic E-state index is -1.31. The van der Waals surface area contributed by atoms with Crippen LogP contribution in [0.4, 0.5) is 0 Å². The van der Waals surface area contributed by atoms with E-state index >= 15 is 0 Å². The molecule has 1 aromatic heterocycles. The van der Waals surface area contributed by atoms with Gasteiger partial charge < -0.3 is 19.1 Å². The Bertz CT molecular complexity index is 675. The molecule has 0 atom stereocenters. The SMILES string of the molecule is Cc1oc2cc(OCC(=O)[O-])ccc2c(=O)c1C.[K+]. The quantitative estimate of drug-likeness (QED) is 0.585. The molecule has 0 spiro atoms. The molecule has 0 aliphatic heterocycles. The van der Waals surface area contributed by atoms with Crippen LogP contribution in [-0.2, 0) is 4.79 Å². The number of hydrogen-bond donors (Lipinski definition) is 0. The monoisotopic (exact) mass is 286 g/mol. The largest absolute Gasteiger partial charge is 1.00 e. The van der Waals surface area contributed by atoms with Crippen molar-refractivity contribution in [3.8, 4) is 5.75 Å². The molecule has 0 saturated heterocycles. The molecule has 0 radical (unpaired) electrons. The van der Waals surface area contributed by atoms with Crippen molar-refractivity contribution in [2.75, 3.05) is 6.61 Å². The second kappa shape index (κ2) is 6.67. The van der Waals surface area contributed by atoms with Crippen LogP contribution in [0.1, 0.15) is 11.3 Å². The summed E-state index contributed by atoms with van der Waals surface area (Å²) in [5.74, 6) is -0.459. The maximum atomic E-state index is 11.9. The number of fused-ring (bicyclic) bond motifs is 1. The van der Waals surface area contributed by atoms with Gasteiger partial charge in [-0.3, -0.25) is 4.79 Å². The van der Waals surface area contributed by atoms with E-state index in [9.17, 15) is 14.7 Å². The summed E-state index contributed by atoms with van der Waals surface area (Å²) in [7, 11) is 0. The van der Waals surface area contributed by atoms with Gasteiger partial charge in [-0.2, -0.15) is 0 Å². The van der Waals surface area contributed by atoms with Gasteiger partial charge in [0.15, 0.2) is 5.43 Å². The van der Waals surface area contributed by atoms with E-state index in [1.54, 1.807) is 19.9 Å². The van der Waals surface area contributed by atoms with Crippen molar-refractivity contribution in [1.29, 1.82) is 0 Å². The van der Waals surface area contributed by atoms with E-state index in [2.05, 4.69) is 0 Å². The van der Waals surface area contributed by atoms with Crippen molar-refractivity contribution < 1.29 is 70.4 Å². The number of ether oxygens (including phenoxy) is 1. The average Bonchev–Trinajstić information content (AvgIpc) is 2.33. The van der Waals surface area contributed by atoms with E-state index in [0.717, 1.165) is 0 Å². The van der Waals surface area contributed by atoms with Gasteiger partial charge in [0, 0.05) is 11.6 Å². The van der Waals surface area contributed by atoms with Crippen LogP contribution < -0.4 is 66.7 Å². The molecule has 0 saturated carbocycles. The Hall–Kier alpha value is -0.664. The third kappa shape index (κ3) is 3.67. The van der Waals surface area contributed by atoms with Crippen molar-refractivity contribution in [2.45, 2.75) is 13.8 Å². The molecule has 1 heterocycles. The Morgan fingerprint density at radius 1 is 1.37 bits per heavy atom. The Morgan fingerprint density at radius 2 is 2.05 bits per heavy atom. The second-order valence-electron chi connectivity index (χ2n) is 3.93. The molecular weight excluding hydrogens is 275 g/mol. The van der Waals surface area contributed by atoms with E-state index in [0.29, 0.717) is 28.0 Å². The van der Waals surface area contributed by atoms with Crippen molar-refractivity contribution in [3.63, 3.8) is 0 Å². The molecule has 0 unspecified atom stereocenters. The zero-order valence-electron chi connectivity index (χ0n) is 11.0. The molecule has 2 aromatic rings. The number of aryl methyl sites for hydroxylation is 1. The standard InChI is InChI=1S/C13H12O5.K/c1-7-8(2)18-11-5-9(17-6-12(14)15)3-4-10(11)13(7)16;/h3-5H,6H2,1-2H3,(H,14,15);/q;+1/p-1. The minimum absolute atomic E-state index is 0. The van der Waals surface area contributed by atoms with Crippen molar-refractivity contribution >= 4 is 16.9 Å². The maximum absolute atomic E-state index is 11.9. The number of aliphatic carboxylic acids is 1. The van der Waals surface area contributed by atoms with Gasteiger partial charge in [0.05, 0.1) is 11.4 Å². The summed E-state index contributed by atoms with van der Waals surface area (Å²) >= 11 is 0. The molecular formula is C13H11KO5. The van der Waals surface area contributed by atoms with Gasteiger partial charge in [-0.1, -0.05) is 0 Å². The number of carboxylic acids is 1. The average molecular weight is 286 g/mol. The molecule has 2 rings (SSSR count). The number of carbonyl (C=O) groups excluding carboxylic acids is 1. The normalized spacial score (nSPS) is 10.0. The number of rotatable bonds is 3. The van der Waals surface area contributed by atoms with Crippen molar-refractivity contribution in [2.24, 2.45) is 0 Å². The van der Waals surface area contributed by atoms with Gasteiger partial charge in [0.2, 0.25) is 0 Å². The van der Waals surface area contributed by atoms with E-state index in [4.69, 9.17) is 9.15 Å². The Morgan fingerprint density at radius 3 is 2.68 bits per heavy atom. The van der Waals surface area contributed by atoms with Crippen LogP contribution >= 0.6 is 0 Å². The van der Waals surface area contributed by atoms with Crippen LogP contribution in [0.15, 0.2) is 27.4 Å². The molecule has 0 fully saturated rings. The third-order valence-corrected chi connectivity index (χ3v) is 2.69. The van der Waals surface area contributed by atoms with Crippen LogP contribution in [0.25, 0.3) is 11.0 Å². The molecule has 0 aliphatic carbocycles. The van der Waals surface area contributed by atoms with Crippen LogP contribution in [0.3, 0.4) is 0 Å². The fourth-order valence-electron chi connectivity index (χ4n) is 1.61. The molecule has 94 valence electrons. The molecule has 0 bridgehead atoms. The molecule has 19 heavy (non-hydrogen) atoms.